The molecule has 0 unspecified atom stereocenters. The molecule has 0 saturated heterocycles. The molecule has 0 heterocycles. The highest BCUT2D eigenvalue weighted by Gasteiger charge is 1.97. The SMILES string of the molecule is C=C(C=Cc1cccc(C)c1)C(=O)O. The minimum Gasteiger partial charge on any atom is -0.478 e. The summed E-state index contributed by atoms with van der Waals surface area (Å²) >= 11 is 0. The number of carboxylic acids is 1. The Morgan fingerprint density at radius 3 is 2.79 bits per heavy atom. The minimum absolute atomic E-state index is 0.0894. The summed E-state index contributed by atoms with van der Waals surface area (Å²) in [6.45, 7) is 5.39. The molecule has 1 aromatic carbocycles. The van der Waals surface area contributed by atoms with Gasteiger partial charge in [0.15, 0.2) is 0 Å². The molecule has 0 aromatic heterocycles. The van der Waals surface area contributed by atoms with Crippen LogP contribution in [0.2, 0.25) is 0 Å². The number of benzene rings is 1. The third-order valence-corrected chi connectivity index (χ3v) is 1.79. The van der Waals surface area contributed by atoms with Crippen LogP contribution in [0.3, 0.4) is 0 Å². The zero-order valence-electron chi connectivity index (χ0n) is 8.03. The summed E-state index contributed by atoms with van der Waals surface area (Å²) in [7, 11) is 0. The molecule has 1 rings (SSSR count). The topological polar surface area (TPSA) is 37.3 Å². The van der Waals surface area contributed by atoms with Crippen molar-refractivity contribution in [2.24, 2.45) is 0 Å². The standard InChI is InChI=1S/C12H12O2/c1-9-4-3-5-11(8-9)7-6-10(2)12(13)14/h3-8H,2H2,1H3,(H,13,14). The summed E-state index contributed by atoms with van der Waals surface area (Å²) in [4.78, 5) is 10.4. The molecule has 0 aliphatic rings. The molecular formula is C12H12O2. The number of carboxylic acid groups (broad SMARTS) is 1. The molecule has 72 valence electrons. The number of rotatable bonds is 3. The zero-order chi connectivity index (χ0) is 10.6. The fourth-order valence-electron chi connectivity index (χ4n) is 1.04. The van der Waals surface area contributed by atoms with Crippen molar-refractivity contribution in [2.75, 3.05) is 0 Å². The first-order valence-electron chi connectivity index (χ1n) is 4.26. The largest absolute Gasteiger partial charge is 0.478 e. The van der Waals surface area contributed by atoms with E-state index in [0.29, 0.717) is 0 Å². The van der Waals surface area contributed by atoms with Crippen molar-refractivity contribution in [3.8, 4) is 0 Å². The van der Waals surface area contributed by atoms with E-state index in [1.807, 2.05) is 31.2 Å². The van der Waals surface area contributed by atoms with Crippen molar-refractivity contribution in [1.82, 2.24) is 0 Å². The van der Waals surface area contributed by atoms with Crippen LogP contribution in [0, 0.1) is 6.92 Å². The Morgan fingerprint density at radius 2 is 2.21 bits per heavy atom. The zero-order valence-corrected chi connectivity index (χ0v) is 8.03. The van der Waals surface area contributed by atoms with Crippen LogP contribution in [-0.2, 0) is 4.79 Å². The molecule has 2 heteroatoms. The Hall–Kier alpha value is -1.83. The van der Waals surface area contributed by atoms with Crippen LogP contribution in [0.25, 0.3) is 6.08 Å². The molecule has 0 amide bonds. The molecule has 1 aromatic rings. The molecule has 0 saturated carbocycles. The molecule has 0 atom stereocenters. The second-order valence-electron chi connectivity index (χ2n) is 3.08. The van der Waals surface area contributed by atoms with E-state index in [1.165, 1.54) is 6.08 Å². The Balaban J connectivity index is 2.79. The summed E-state index contributed by atoms with van der Waals surface area (Å²) < 4.78 is 0. The highest BCUT2D eigenvalue weighted by atomic mass is 16.4. The fraction of sp³-hybridized carbons (Fsp3) is 0.0833. The minimum atomic E-state index is -0.992. The lowest BCUT2D eigenvalue weighted by atomic mass is 10.1. The Kier molecular flexibility index (Phi) is 3.24. The number of aliphatic carboxylic acids is 1. The normalized spacial score (nSPS) is 10.4. The predicted octanol–water partition coefficient (Wildman–Crippen LogP) is 2.65. The highest BCUT2D eigenvalue weighted by Crippen LogP contribution is 2.07. The monoisotopic (exact) mass is 188 g/mol. The summed E-state index contributed by atoms with van der Waals surface area (Å²) in [5, 5.41) is 8.56. The third kappa shape index (κ3) is 2.90. The number of aryl methyl sites for hydroxylation is 1. The maximum Gasteiger partial charge on any atom is 0.335 e. The third-order valence-electron chi connectivity index (χ3n) is 1.79. The lowest BCUT2D eigenvalue weighted by Gasteiger charge is -1.95. The van der Waals surface area contributed by atoms with Crippen molar-refractivity contribution < 1.29 is 9.90 Å². The molecule has 1 N–H and O–H groups in total. The number of carbonyl (C=O) groups is 1. The van der Waals surface area contributed by atoms with Gasteiger partial charge >= 0.3 is 5.97 Å². The molecule has 2 nitrogen and oxygen atoms in total. The van der Waals surface area contributed by atoms with Crippen LogP contribution in [0.1, 0.15) is 11.1 Å². The van der Waals surface area contributed by atoms with Crippen LogP contribution in [0.4, 0.5) is 0 Å². The van der Waals surface area contributed by atoms with Gasteiger partial charge in [0.1, 0.15) is 0 Å². The van der Waals surface area contributed by atoms with Crippen molar-refractivity contribution in [3.63, 3.8) is 0 Å². The first kappa shape index (κ1) is 10.3. The van der Waals surface area contributed by atoms with Gasteiger partial charge < -0.3 is 5.11 Å². The quantitative estimate of drug-likeness (QED) is 0.584. The van der Waals surface area contributed by atoms with Gasteiger partial charge in [0.05, 0.1) is 5.57 Å². The van der Waals surface area contributed by atoms with E-state index in [1.54, 1.807) is 6.08 Å². The van der Waals surface area contributed by atoms with Crippen LogP contribution in [-0.4, -0.2) is 11.1 Å². The van der Waals surface area contributed by atoms with Gasteiger partial charge in [-0.1, -0.05) is 42.5 Å². The molecule has 0 radical (unpaired) electrons. The molecular weight excluding hydrogens is 176 g/mol. The Bertz CT molecular complexity index is 389. The average Bonchev–Trinajstić information content (AvgIpc) is 2.14. The molecule has 0 bridgehead atoms. The average molecular weight is 188 g/mol. The van der Waals surface area contributed by atoms with E-state index in [9.17, 15) is 4.79 Å². The maximum atomic E-state index is 10.4. The fourth-order valence-corrected chi connectivity index (χ4v) is 1.04. The van der Waals surface area contributed by atoms with E-state index in [-0.39, 0.29) is 5.57 Å². The molecule has 0 aliphatic heterocycles. The van der Waals surface area contributed by atoms with Gasteiger partial charge in [-0.15, -0.1) is 0 Å². The van der Waals surface area contributed by atoms with Crippen molar-refractivity contribution >= 4 is 12.0 Å². The van der Waals surface area contributed by atoms with Crippen LogP contribution in [0.15, 0.2) is 42.5 Å². The predicted molar refractivity (Wildman–Crippen MR) is 57.0 cm³/mol. The second-order valence-corrected chi connectivity index (χ2v) is 3.08. The first-order chi connectivity index (χ1) is 6.59. The summed E-state index contributed by atoms with van der Waals surface area (Å²) in [6, 6.07) is 7.81. The molecule has 0 spiro atoms. The Labute approximate surface area is 83.2 Å². The van der Waals surface area contributed by atoms with E-state index < -0.39 is 5.97 Å². The first-order valence-corrected chi connectivity index (χ1v) is 4.26. The molecule has 14 heavy (non-hydrogen) atoms. The maximum absolute atomic E-state index is 10.4. The second kappa shape index (κ2) is 4.42. The van der Waals surface area contributed by atoms with E-state index in [0.717, 1.165) is 11.1 Å². The van der Waals surface area contributed by atoms with Gasteiger partial charge in [0, 0.05) is 0 Å². The van der Waals surface area contributed by atoms with Gasteiger partial charge in [-0.2, -0.15) is 0 Å². The lowest BCUT2D eigenvalue weighted by molar-refractivity contribution is -0.132. The van der Waals surface area contributed by atoms with E-state index in [2.05, 4.69) is 6.58 Å². The van der Waals surface area contributed by atoms with E-state index in [4.69, 9.17) is 5.11 Å². The summed E-state index contributed by atoms with van der Waals surface area (Å²) in [6.07, 6.45) is 3.24. The van der Waals surface area contributed by atoms with Gasteiger partial charge in [-0.25, -0.2) is 4.79 Å². The lowest BCUT2D eigenvalue weighted by Crippen LogP contribution is -1.94. The van der Waals surface area contributed by atoms with Gasteiger partial charge in [0.2, 0.25) is 0 Å². The van der Waals surface area contributed by atoms with Crippen LogP contribution in [0.5, 0.6) is 0 Å². The van der Waals surface area contributed by atoms with Gasteiger partial charge in [0.25, 0.3) is 0 Å². The molecule has 0 aliphatic carbocycles. The van der Waals surface area contributed by atoms with Crippen molar-refractivity contribution in [3.05, 3.63) is 53.6 Å². The van der Waals surface area contributed by atoms with Crippen LogP contribution < -0.4 is 0 Å². The molecule has 0 fully saturated rings. The Morgan fingerprint density at radius 1 is 1.50 bits per heavy atom. The van der Waals surface area contributed by atoms with Gasteiger partial charge in [-0.05, 0) is 18.6 Å². The van der Waals surface area contributed by atoms with Crippen molar-refractivity contribution in [2.45, 2.75) is 6.92 Å². The highest BCUT2D eigenvalue weighted by molar-refractivity contribution is 5.90. The van der Waals surface area contributed by atoms with E-state index >= 15 is 0 Å². The van der Waals surface area contributed by atoms with Crippen LogP contribution >= 0.6 is 0 Å². The summed E-state index contributed by atoms with van der Waals surface area (Å²) in [5.41, 5.74) is 2.21. The number of hydrogen-bond acceptors (Lipinski definition) is 1. The number of hydrogen-bond donors (Lipinski definition) is 1. The summed E-state index contributed by atoms with van der Waals surface area (Å²) in [5.74, 6) is -0.992. The van der Waals surface area contributed by atoms with Crippen molar-refractivity contribution in [1.29, 1.82) is 0 Å². The smallest absolute Gasteiger partial charge is 0.335 e. The van der Waals surface area contributed by atoms with Gasteiger partial charge in [-0.3, -0.25) is 0 Å².